The highest BCUT2D eigenvalue weighted by Crippen LogP contribution is 2.52. The molecule has 2 rings (SSSR count). The van der Waals surface area contributed by atoms with Gasteiger partial charge < -0.3 is 9.84 Å². The Kier molecular flexibility index (Phi) is 5.98. The first-order valence-corrected chi connectivity index (χ1v) is 8.11. The third kappa shape index (κ3) is 4.62. The van der Waals surface area contributed by atoms with Gasteiger partial charge in [0.15, 0.2) is 5.92 Å². The topological polar surface area (TPSA) is 29.5 Å². The minimum absolute atomic E-state index is 0.188. The SMILES string of the molecule is OC(C(CC(C(F)(F)F)C(F)(F)F)OC1CC2C=CC1C2)(C(F)(F)F)C(F)(F)F. The Balaban J connectivity index is 2.48. The summed E-state index contributed by atoms with van der Waals surface area (Å²) in [6.45, 7) is 0. The molecule has 0 spiro atoms. The molecule has 2 bridgehead atoms. The summed E-state index contributed by atoms with van der Waals surface area (Å²) < 4.78 is 160. The Morgan fingerprint density at radius 1 is 0.793 bits per heavy atom. The van der Waals surface area contributed by atoms with Crippen LogP contribution in [0.25, 0.3) is 0 Å². The molecule has 1 N–H and O–H groups in total. The first kappa shape index (κ1) is 24.1. The molecule has 0 saturated heterocycles. The molecule has 0 amide bonds. The monoisotopic (exact) mass is 454 g/mol. The molecular formula is C15H14F12O2. The number of fused-ring (bicyclic) bond motifs is 2. The Morgan fingerprint density at radius 2 is 1.28 bits per heavy atom. The summed E-state index contributed by atoms with van der Waals surface area (Å²) in [4.78, 5) is 0. The third-order valence-electron chi connectivity index (χ3n) is 5.13. The van der Waals surface area contributed by atoms with Crippen LogP contribution in [-0.4, -0.2) is 47.6 Å². The quantitative estimate of drug-likeness (QED) is 0.450. The number of rotatable bonds is 5. The summed E-state index contributed by atoms with van der Waals surface area (Å²) in [5.74, 6) is -5.68. The van der Waals surface area contributed by atoms with Crippen molar-refractivity contribution in [1.82, 2.24) is 0 Å². The van der Waals surface area contributed by atoms with E-state index >= 15 is 0 Å². The van der Waals surface area contributed by atoms with Crippen molar-refractivity contribution >= 4 is 0 Å². The van der Waals surface area contributed by atoms with Crippen molar-refractivity contribution in [1.29, 1.82) is 0 Å². The first-order valence-electron chi connectivity index (χ1n) is 8.11. The number of hydrogen-bond donors (Lipinski definition) is 1. The molecule has 2 nitrogen and oxygen atoms in total. The van der Waals surface area contributed by atoms with Gasteiger partial charge in [0.25, 0.3) is 5.60 Å². The molecule has 14 heteroatoms. The van der Waals surface area contributed by atoms with Crippen LogP contribution < -0.4 is 0 Å². The van der Waals surface area contributed by atoms with Gasteiger partial charge in [-0.3, -0.25) is 0 Å². The van der Waals surface area contributed by atoms with Gasteiger partial charge >= 0.3 is 24.7 Å². The molecule has 29 heavy (non-hydrogen) atoms. The average Bonchev–Trinajstić information content (AvgIpc) is 3.08. The maximum atomic E-state index is 13.1. The maximum absolute atomic E-state index is 13.1. The third-order valence-corrected chi connectivity index (χ3v) is 5.13. The van der Waals surface area contributed by atoms with Gasteiger partial charge in [0.05, 0.1) is 6.10 Å². The standard InChI is InChI=1S/C15H14F12O2/c16-12(17,18)9(13(19,20)21)5-10(11(28,14(22,23)24)15(25,26)27)29-8-4-6-1-2-7(8)3-6/h1-2,6-10,28H,3-5H2. The highest BCUT2D eigenvalue weighted by Gasteiger charge is 2.76. The molecule has 2 aliphatic rings. The van der Waals surface area contributed by atoms with Crippen LogP contribution in [0.15, 0.2) is 12.2 Å². The summed E-state index contributed by atoms with van der Waals surface area (Å²) in [5.41, 5.74) is -5.93. The van der Waals surface area contributed by atoms with Crippen LogP contribution in [0.5, 0.6) is 0 Å². The van der Waals surface area contributed by atoms with Crippen molar-refractivity contribution in [3.8, 4) is 0 Å². The van der Waals surface area contributed by atoms with Gasteiger partial charge in [-0.25, -0.2) is 0 Å². The normalized spacial score (nSPS) is 27.2. The van der Waals surface area contributed by atoms with Crippen molar-refractivity contribution in [2.45, 2.75) is 61.8 Å². The lowest BCUT2D eigenvalue weighted by molar-refractivity contribution is -0.404. The number of allylic oxidation sites excluding steroid dienone is 1. The van der Waals surface area contributed by atoms with Gasteiger partial charge in [-0.2, -0.15) is 52.7 Å². The van der Waals surface area contributed by atoms with E-state index in [1.54, 1.807) is 6.08 Å². The van der Waals surface area contributed by atoms with E-state index in [0.717, 1.165) is 0 Å². The van der Waals surface area contributed by atoms with Crippen molar-refractivity contribution in [3.05, 3.63) is 12.2 Å². The van der Waals surface area contributed by atoms with Gasteiger partial charge in [0.1, 0.15) is 6.10 Å². The Labute approximate surface area is 155 Å². The summed E-state index contributed by atoms with van der Waals surface area (Å²) >= 11 is 0. The Morgan fingerprint density at radius 3 is 1.59 bits per heavy atom. The lowest BCUT2D eigenvalue weighted by atomic mass is 9.86. The van der Waals surface area contributed by atoms with Gasteiger partial charge in [0.2, 0.25) is 0 Å². The maximum Gasteiger partial charge on any atom is 0.428 e. The van der Waals surface area contributed by atoms with E-state index in [2.05, 4.69) is 4.74 Å². The largest absolute Gasteiger partial charge is 0.428 e. The highest BCUT2D eigenvalue weighted by atomic mass is 19.4. The van der Waals surface area contributed by atoms with E-state index in [9.17, 15) is 57.8 Å². The van der Waals surface area contributed by atoms with Crippen LogP contribution in [0.3, 0.4) is 0 Å². The molecule has 2 aliphatic carbocycles. The minimum Gasteiger partial charge on any atom is -0.372 e. The van der Waals surface area contributed by atoms with E-state index in [0.29, 0.717) is 0 Å². The molecule has 4 atom stereocenters. The average molecular weight is 454 g/mol. The van der Waals surface area contributed by atoms with Crippen molar-refractivity contribution in [2.75, 3.05) is 0 Å². The number of aliphatic hydroxyl groups is 1. The second-order valence-corrected chi connectivity index (χ2v) is 7.08. The lowest BCUT2D eigenvalue weighted by Gasteiger charge is -2.41. The highest BCUT2D eigenvalue weighted by molar-refractivity contribution is 5.12. The van der Waals surface area contributed by atoms with E-state index < -0.39 is 60.8 Å². The second kappa shape index (κ2) is 7.20. The molecule has 0 aliphatic heterocycles. The van der Waals surface area contributed by atoms with E-state index in [4.69, 9.17) is 0 Å². The fourth-order valence-corrected chi connectivity index (χ4v) is 3.62. The van der Waals surface area contributed by atoms with Crippen LogP contribution in [0.2, 0.25) is 0 Å². The van der Waals surface area contributed by atoms with E-state index in [-0.39, 0.29) is 18.8 Å². The number of hydrogen-bond acceptors (Lipinski definition) is 2. The fraction of sp³-hybridized carbons (Fsp3) is 0.867. The molecule has 1 fully saturated rings. The Bertz CT molecular complexity index is 587. The summed E-state index contributed by atoms with van der Waals surface area (Å²) in [7, 11) is 0. The van der Waals surface area contributed by atoms with Gasteiger partial charge in [-0.1, -0.05) is 12.2 Å². The smallest absolute Gasteiger partial charge is 0.372 e. The molecule has 0 heterocycles. The van der Waals surface area contributed by atoms with Crippen molar-refractivity contribution in [3.63, 3.8) is 0 Å². The van der Waals surface area contributed by atoms with Crippen molar-refractivity contribution in [2.24, 2.45) is 17.8 Å². The van der Waals surface area contributed by atoms with E-state index in [1.807, 2.05) is 0 Å². The summed E-state index contributed by atoms with van der Waals surface area (Å²) in [5, 5.41) is 9.43. The molecule has 4 unspecified atom stereocenters. The van der Waals surface area contributed by atoms with Crippen LogP contribution >= 0.6 is 0 Å². The predicted octanol–water partition coefficient (Wildman–Crippen LogP) is 5.32. The molecule has 0 aromatic heterocycles. The Hall–Kier alpha value is -1.18. The van der Waals surface area contributed by atoms with Crippen LogP contribution in [-0.2, 0) is 4.74 Å². The first-order chi connectivity index (χ1) is 12.8. The van der Waals surface area contributed by atoms with E-state index in [1.165, 1.54) is 6.08 Å². The van der Waals surface area contributed by atoms with Crippen LogP contribution in [0.4, 0.5) is 52.7 Å². The molecule has 1 saturated carbocycles. The van der Waals surface area contributed by atoms with Crippen LogP contribution in [0, 0.1) is 17.8 Å². The number of alkyl halides is 12. The predicted molar refractivity (Wildman–Crippen MR) is 71.3 cm³/mol. The molecular weight excluding hydrogens is 440 g/mol. The zero-order chi connectivity index (χ0) is 22.6. The zero-order valence-electron chi connectivity index (χ0n) is 14.1. The van der Waals surface area contributed by atoms with Gasteiger partial charge in [-0.15, -0.1) is 0 Å². The molecule has 0 aromatic carbocycles. The summed E-state index contributed by atoms with van der Waals surface area (Å²) in [6.07, 6.45) is -31.0. The van der Waals surface area contributed by atoms with Gasteiger partial charge in [0, 0.05) is 5.92 Å². The summed E-state index contributed by atoms with van der Waals surface area (Å²) in [6, 6.07) is 0. The van der Waals surface area contributed by atoms with Crippen molar-refractivity contribution < 1.29 is 62.5 Å². The number of halogens is 12. The molecule has 0 radical (unpaired) electrons. The number of ether oxygens (including phenoxy) is 1. The molecule has 0 aromatic rings. The fourth-order valence-electron chi connectivity index (χ4n) is 3.62. The van der Waals surface area contributed by atoms with Gasteiger partial charge in [-0.05, 0) is 25.2 Å². The molecule has 170 valence electrons. The zero-order valence-corrected chi connectivity index (χ0v) is 14.1. The van der Waals surface area contributed by atoms with Crippen LogP contribution in [0.1, 0.15) is 19.3 Å². The minimum atomic E-state index is -6.65. The second-order valence-electron chi connectivity index (χ2n) is 7.08. The lowest BCUT2D eigenvalue weighted by Crippen LogP contribution is -2.66.